The predicted octanol–water partition coefficient (Wildman–Crippen LogP) is 2.83. The number of hydrogen-bond acceptors (Lipinski definition) is 7. The summed E-state index contributed by atoms with van der Waals surface area (Å²) in [6.07, 6.45) is -3.55. The molecule has 1 aromatic heterocycles. The number of benzene rings is 3. The average Bonchev–Trinajstić information content (AvgIpc) is 3.23. The van der Waals surface area contributed by atoms with Gasteiger partial charge < -0.3 is 25.0 Å². The van der Waals surface area contributed by atoms with Gasteiger partial charge in [0.05, 0.1) is 6.61 Å². The fourth-order valence-corrected chi connectivity index (χ4v) is 4.93. The van der Waals surface area contributed by atoms with Crippen molar-refractivity contribution in [3.63, 3.8) is 0 Å². The molecule has 5 rings (SSSR count). The summed E-state index contributed by atoms with van der Waals surface area (Å²) in [4.78, 5) is 27.7. The standard InChI is InChI=1S/C30H29N3O6/c1-20(34)31-25-17-18-33(29(37)32-25)28-27(36)26(35)24(39-28)19-38-30(21-11-5-2-6-12-21,22-13-7-3-8-14-22)23-15-9-4-10-16-23/h2-18,24,26-28,35-36H,19H2,1H3,(H,31,32,34,37)/t24-,26?,27?,28-/m1/s1. The lowest BCUT2D eigenvalue weighted by Crippen LogP contribution is -2.39. The Kier molecular flexibility index (Phi) is 7.67. The van der Waals surface area contributed by atoms with Gasteiger partial charge in [-0.05, 0) is 22.8 Å². The van der Waals surface area contributed by atoms with Crippen molar-refractivity contribution in [2.45, 2.75) is 37.1 Å². The van der Waals surface area contributed by atoms with Gasteiger partial charge in [0.25, 0.3) is 0 Å². The minimum atomic E-state index is -1.41. The SMILES string of the molecule is CC(=O)Nc1ccn([C@@H]2O[C@H](COC(c3ccccc3)(c3ccccc3)c3ccccc3)C(O)C2O)c(=O)n1. The summed E-state index contributed by atoms with van der Waals surface area (Å²) in [5.74, 6) is -0.293. The molecule has 3 N–H and O–H groups in total. The highest BCUT2D eigenvalue weighted by Crippen LogP contribution is 2.41. The monoisotopic (exact) mass is 527 g/mol. The zero-order valence-electron chi connectivity index (χ0n) is 21.3. The van der Waals surface area contributed by atoms with Crippen LogP contribution in [-0.4, -0.2) is 50.6 Å². The minimum Gasteiger partial charge on any atom is -0.387 e. The molecule has 0 bridgehead atoms. The number of nitrogens with one attached hydrogen (secondary N) is 1. The van der Waals surface area contributed by atoms with Crippen LogP contribution < -0.4 is 11.0 Å². The first-order valence-electron chi connectivity index (χ1n) is 12.6. The normalized spacial score (nSPS) is 21.0. The molecular formula is C30H29N3O6. The first kappa shape index (κ1) is 26.5. The number of amides is 1. The summed E-state index contributed by atoms with van der Waals surface area (Å²) >= 11 is 0. The van der Waals surface area contributed by atoms with Gasteiger partial charge >= 0.3 is 5.69 Å². The fourth-order valence-electron chi connectivity index (χ4n) is 4.93. The third-order valence-electron chi connectivity index (χ3n) is 6.75. The molecule has 0 radical (unpaired) electrons. The molecule has 0 aliphatic carbocycles. The molecule has 2 unspecified atom stereocenters. The molecule has 4 atom stereocenters. The molecule has 1 fully saturated rings. The fraction of sp³-hybridized carbons (Fsp3) is 0.233. The molecule has 9 heteroatoms. The first-order chi connectivity index (χ1) is 18.9. The maximum Gasteiger partial charge on any atom is 0.351 e. The molecule has 1 amide bonds. The van der Waals surface area contributed by atoms with Crippen LogP contribution >= 0.6 is 0 Å². The lowest BCUT2D eigenvalue weighted by Gasteiger charge is -2.37. The molecule has 4 aromatic rings. The number of aliphatic hydroxyl groups excluding tert-OH is 2. The Morgan fingerprint density at radius 1 is 0.897 bits per heavy atom. The van der Waals surface area contributed by atoms with Crippen molar-refractivity contribution in [1.29, 1.82) is 0 Å². The third kappa shape index (κ3) is 5.25. The van der Waals surface area contributed by atoms with Crippen LogP contribution in [0.25, 0.3) is 0 Å². The van der Waals surface area contributed by atoms with Gasteiger partial charge in [0.1, 0.15) is 29.7 Å². The zero-order chi connectivity index (χ0) is 27.4. The van der Waals surface area contributed by atoms with Crippen LogP contribution in [0.1, 0.15) is 29.8 Å². The van der Waals surface area contributed by atoms with Gasteiger partial charge in [-0.2, -0.15) is 4.98 Å². The number of aromatic nitrogens is 2. The van der Waals surface area contributed by atoms with Crippen LogP contribution in [0.2, 0.25) is 0 Å². The van der Waals surface area contributed by atoms with Crippen molar-refractivity contribution in [2.75, 3.05) is 11.9 Å². The van der Waals surface area contributed by atoms with Crippen molar-refractivity contribution in [3.8, 4) is 0 Å². The Morgan fingerprint density at radius 3 is 1.87 bits per heavy atom. The van der Waals surface area contributed by atoms with E-state index in [0.29, 0.717) is 0 Å². The highest BCUT2D eigenvalue weighted by molar-refractivity contribution is 5.87. The van der Waals surface area contributed by atoms with Gasteiger partial charge in [-0.25, -0.2) is 4.79 Å². The summed E-state index contributed by atoms with van der Waals surface area (Å²) in [6.45, 7) is 1.21. The smallest absolute Gasteiger partial charge is 0.351 e. The van der Waals surface area contributed by atoms with Gasteiger partial charge in [0.15, 0.2) is 6.23 Å². The minimum absolute atomic E-state index is 0.0787. The van der Waals surface area contributed by atoms with Crippen molar-refractivity contribution < 1.29 is 24.5 Å². The van der Waals surface area contributed by atoms with E-state index in [1.54, 1.807) is 0 Å². The third-order valence-corrected chi connectivity index (χ3v) is 6.75. The van der Waals surface area contributed by atoms with E-state index < -0.39 is 35.8 Å². The molecular weight excluding hydrogens is 498 g/mol. The number of anilines is 1. The van der Waals surface area contributed by atoms with Crippen LogP contribution in [0.3, 0.4) is 0 Å². The number of aliphatic hydroxyl groups is 2. The number of carbonyl (C=O) groups is 1. The van der Waals surface area contributed by atoms with Gasteiger partial charge in [0, 0.05) is 13.1 Å². The van der Waals surface area contributed by atoms with Crippen molar-refractivity contribution in [2.24, 2.45) is 0 Å². The van der Waals surface area contributed by atoms with Gasteiger partial charge in [-0.15, -0.1) is 0 Å². The van der Waals surface area contributed by atoms with E-state index >= 15 is 0 Å². The van der Waals surface area contributed by atoms with E-state index in [4.69, 9.17) is 9.47 Å². The first-order valence-corrected chi connectivity index (χ1v) is 12.6. The van der Waals surface area contributed by atoms with Gasteiger partial charge in [0.2, 0.25) is 5.91 Å². The lowest BCUT2D eigenvalue weighted by atomic mass is 9.80. The Balaban J connectivity index is 1.47. The molecule has 0 spiro atoms. The van der Waals surface area contributed by atoms with Crippen LogP contribution in [0.15, 0.2) is 108 Å². The maximum absolute atomic E-state index is 12.6. The molecule has 200 valence electrons. The molecule has 1 aliphatic heterocycles. The second-order valence-corrected chi connectivity index (χ2v) is 9.32. The largest absolute Gasteiger partial charge is 0.387 e. The van der Waals surface area contributed by atoms with Gasteiger partial charge in [-0.3, -0.25) is 9.36 Å². The van der Waals surface area contributed by atoms with E-state index in [1.165, 1.54) is 19.2 Å². The summed E-state index contributed by atoms with van der Waals surface area (Å²) in [5.41, 5.74) is 0.836. The quantitative estimate of drug-likeness (QED) is 0.301. The van der Waals surface area contributed by atoms with E-state index in [9.17, 15) is 19.8 Å². The Labute approximate surface area is 225 Å². The second kappa shape index (κ2) is 11.3. The number of carbonyl (C=O) groups excluding carboxylic acids is 1. The van der Waals surface area contributed by atoms with E-state index in [-0.39, 0.29) is 18.3 Å². The molecule has 1 saturated heterocycles. The Morgan fingerprint density at radius 2 is 1.41 bits per heavy atom. The second-order valence-electron chi connectivity index (χ2n) is 9.32. The highest BCUT2D eigenvalue weighted by Gasteiger charge is 2.46. The molecule has 2 heterocycles. The number of hydrogen-bond donors (Lipinski definition) is 3. The average molecular weight is 528 g/mol. The topological polar surface area (TPSA) is 123 Å². The zero-order valence-corrected chi connectivity index (χ0v) is 21.3. The van der Waals surface area contributed by atoms with E-state index in [2.05, 4.69) is 10.3 Å². The Bertz CT molecular complexity index is 1370. The van der Waals surface area contributed by atoms with E-state index in [0.717, 1.165) is 21.3 Å². The lowest BCUT2D eigenvalue weighted by molar-refractivity contribution is -0.114. The summed E-state index contributed by atoms with van der Waals surface area (Å²) in [6, 6.07) is 30.7. The number of rotatable bonds is 8. The van der Waals surface area contributed by atoms with Gasteiger partial charge in [-0.1, -0.05) is 91.0 Å². The molecule has 3 aromatic carbocycles. The molecule has 1 aliphatic rings. The Hall–Kier alpha value is -4.15. The molecule has 39 heavy (non-hydrogen) atoms. The summed E-state index contributed by atoms with van der Waals surface area (Å²) in [7, 11) is 0. The molecule has 9 nitrogen and oxygen atoms in total. The summed E-state index contributed by atoms with van der Waals surface area (Å²) in [5, 5.41) is 24.2. The predicted molar refractivity (Wildman–Crippen MR) is 144 cm³/mol. The number of ether oxygens (including phenoxy) is 2. The van der Waals surface area contributed by atoms with E-state index in [1.807, 2.05) is 91.0 Å². The van der Waals surface area contributed by atoms with Crippen molar-refractivity contribution in [3.05, 3.63) is 130 Å². The highest BCUT2D eigenvalue weighted by atomic mass is 16.6. The van der Waals surface area contributed by atoms with Crippen LogP contribution in [0.4, 0.5) is 5.82 Å². The van der Waals surface area contributed by atoms with Crippen LogP contribution in [-0.2, 0) is 19.9 Å². The number of nitrogens with zero attached hydrogens (tertiary/aromatic N) is 2. The van der Waals surface area contributed by atoms with Crippen molar-refractivity contribution in [1.82, 2.24) is 9.55 Å². The van der Waals surface area contributed by atoms with Crippen molar-refractivity contribution >= 4 is 11.7 Å². The molecule has 0 saturated carbocycles. The summed E-state index contributed by atoms with van der Waals surface area (Å²) < 4.78 is 13.8. The van der Waals surface area contributed by atoms with Crippen LogP contribution in [0, 0.1) is 0 Å². The van der Waals surface area contributed by atoms with Crippen LogP contribution in [0.5, 0.6) is 0 Å². The maximum atomic E-state index is 12.6.